The lowest BCUT2D eigenvalue weighted by molar-refractivity contribution is -0.137. The highest BCUT2D eigenvalue weighted by Gasteiger charge is 2.19. The molecule has 1 aliphatic rings. The first kappa shape index (κ1) is 19.5. The van der Waals surface area contributed by atoms with E-state index in [9.17, 15) is 4.79 Å². The van der Waals surface area contributed by atoms with Gasteiger partial charge < -0.3 is 15.4 Å². The van der Waals surface area contributed by atoms with Gasteiger partial charge in [-0.25, -0.2) is 4.79 Å². The summed E-state index contributed by atoms with van der Waals surface area (Å²) >= 11 is 0. The van der Waals surface area contributed by atoms with Crippen LogP contribution in [0.25, 0.3) is 0 Å². The van der Waals surface area contributed by atoms with Crippen molar-refractivity contribution in [2.24, 2.45) is 5.73 Å². The van der Waals surface area contributed by atoms with Gasteiger partial charge in [0.2, 0.25) is 0 Å². The van der Waals surface area contributed by atoms with Crippen LogP contribution in [0, 0.1) is 0 Å². The van der Waals surface area contributed by atoms with E-state index >= 15 is 0 Å². The summed E-state index contributed by atoms with van der Waals surface area (Å²) in [6.07, 6.45) is 8.34. The molecule has 2 N–H and O–H groups in total. The molecule has 0 spiro atoms. The fourth-order valence-corrected chi connectivity index (χ4v) is 3.41. The van der Waals surface area contributed by atoms with Crippen molar-refractivity contribution in [3.63, 3.8) is 0 Å². The average molecular weight is 344 g/mol. The van der Waals surface area contributed by atoms with E-state index in [0.29, 0.717) is 12.3 Å². The Kier molecular flexibility index (Phi) is 8.53. The highest BCUT2D eigenvalue weighted by atomic mass is 16.5. The molecule has 1 heterocycles. The molecule has 138 valence electrons. The lowest BCUT2D eigenvalue weighted by atomic mass is 9.89. The number of benzene rings is 1. The third-order valence-corrected chi connectivity index (χ3v) is 4.82. The summed E-state index contributed by atoms with van der Waals surface area (Å²) in [5.74, 6) is 0.402. The molecule has 0 atom stereocenters. The molecule has 0 saturated carbocycles. The number of hydrogen-bond donors (Lipinski definition) is 1. The average Bonchev–Trinajstić information content (AvgIpc) is 2.61. The summed E-state index contributed by atoms with van der Waals surface area (Å²) in [6.45, 7) is 5.79. The smallest absolute Gasteiger partial charge is 0.332 e. The van der Waals surface area contributed by atoms with E-state index in [1.807, 2.05) is 0 Å². The van der Waals surface area contributed by atoms with E-state index in [1.165, 1.54) is 57.0 Å². The summed E-state index contributed by atoms with van der Waals surface area (Å²) < 4.78 is 5.10. The molecule has 1 aromatic carbocycles. The van der Waals surface area contributed by atoms with Crippen LogP contribution in [0.2, 0.25) is 0 Å². The quantitative estimate of drug-likeness (QED) is 0.420. The van der Waals surface area contributed by atoms with Gasteiger partial charge in [0.1, 0.15) is 0 Å². The Morgan fingerprint density at radius 2 is 1.84 bits per heavy atom. The van der Waals surface area contributed by atoms with Crippen LogP contribution in [0.3, 0.4) is 0 Å². The first-order chi connectivity index (χ1) is 12.1. The summed E-state index contributed by atoms with van der Waals surface area (Å²) in [5.41, 5.74) is 7.42. The second-order valence-corrected chi connectivity index (χ2v) is 7.00. The van der Waals surface area contributed by atoms with E-state index in [-0.39, 0.29) is 5.97 Å². The van der Waals surface area contributed by atoms with Gasteiger partial charge in [0.25, 0.3) is 0 Å². The molecule has 0 amide bonds. The monoisotopic (exact) mass is 344 g/mol. The standard InChI is InChI=1S/C21H32N2O2/c1-18(22)17-21(24)25-16-8-3-2-7-13-23-14-11-20(12-15-23)19-9-5-4-6-10-19/h4-6,9-10,17,20H,2-3,7-8,11-16,22H2,1H3. The van der Waals surface area contributed by atoms with E-state index in [2.05, 4.69) is 35.2 Å². The van der Waals surface area contributed by atoms with Gasteiger partial charge >= 0.3 is 5.97 Å². The number of piperidine rings is 1. The number of nitrogens with two attached hydrogens (primary N) is 1. The van der Waals surface area contributed by atoms with Crippen LogP contribution in [-0.4, -0.2) is 37.1 Å². The topological polar surface area (TPSA) is 55.6 Å². The Morgan fingerprint density at radius 3 is 2.52 bits per heavy atom. The molecule has 25 heavy (non-hydrogen) atoms. The third kappa shape index (κ3) is 7.74. The van der Waals surface area contributed by atoms with Crippen molar-refractivity contribution >= 4 is 5.97 Å². The Balaban J connectivity index is 1.48. The largest absolute Gasteiger partial charge is 0.462 e. The van der Waals surface area contributed by atoms with Crippen molar-refractivity contribution in [2.75, 3.05) is 26.2 Å². The highest BCUT2D eigenvalue weighted by Crippen LogP contribution is 2.27. The van der Waals surface area contributed by atoms with Crippen LogP contribution in [0.4, 0.5) is 0 Å². The van der Waals surface area contributed by atoms with Gasteiger partial charge in [-0.3, -0.25) is 0 Å². The zero-order chi connectivity index (χ0) is 17.9. The lowest BCUT2D eigenvalue weighted by Crippen LogP contribution is -2.33. The maximum absolute atomic E-state index is 11.3. The minimum atomic E-state index is -0.332. The van der Waals surface area contributed by atoms with Gasteiger partial charge in [0.05, 0.1) is 6.61 Å². The minimum absolute atomic E-state index is 0.332. The zero-order valence-electron chi connectivity index (χ0n) is 15.5. The van der Waals surface area contributed by atoms with E-state index in [4.69, 9.17) is 10.5 Å². The summed E-state index contributed by atoms with van der Waals surface area (Å²) in [6, 6.07) is 10.9. The molecule has 0 aliphatic carbocycles. The predicted octanol–water partition coefficient (Wildman–Crippen LogP) is 3.83. The second-order valence-electron chi connectivity index (χ2n) is 7.00. The minimum Gasteiger partial charge on any atom is -0.462 e. The van der Waals surface area contributed by atoms with Gasteiger partial charge in [0, 0.05) is 11.8 Å². The molecule has 1 aromatic rings. The van der Waals surface area contributed by atoms with Gasteiger partial charge in [-0.15, -0.1) is 0 Å². The van der Waals surface area contributed by atoms with Gasteiger partial charge in [0.15, 0.2) is 0 Å². The Morgan fingerprint density at radius 1 is 1.16 bits per heavy atom. The van der Waals surface area contributed by atoms with Crippen LogP contribution in [0.1, 0.15) is 56.9 Å². The third-order valence-electron chi connectivity index (χ3n) is 4.82. The number of unbranched alkanes of at least 4 members (excludes halogenated alkanes) is 3. The van der Waals surface area contributed by atoms with Crippen LogP contribution in [0.5, 0.6) is 0 Å². The first-order valence-corrected chi connectivity index (χ1v) is 9.53. The number of allylic oxidation sites excluding steroid dienone is 1. The highest BCUT2D eigenvalue weighted by molar-refractivity contribution is 5.82. The molecule has 0 aromatic heterocycles. The van der Waals surface area contributed by atoms with E-state index in [0.717, 1.165) is 18.8 Å². The molecule has 4 heteroatoms. The molecule has 0 bridgehead atoms. The number of ether oxygens (including phenoxy) is 1. The molecule has 2 rings (SSSR count). The van der Waals surface area contributed by atoms with E-state index in [1.54, 1.807) is 6.92 Å². The molecular weight excluding hydrogens is 312 g/mol. The summed E-state index contributed by atoms with van der Waals surface area (Å²) in [4.78, 5) is 13.9. The normalized spacial score (nSPS) is 16.8. The number of carbonyl (C=O) groups excluding carboxylic acids is 1. The molecular formula is C21H32N2O2. The Bertz CT molecular complexity index is 530. The van der Waals surface area contributed by atoms with Gasteiger partial charge in [-0.05, 0) is 63.7 Å². The molecule has 0 unspecified atom stereocenters. The second kappa shape index (κ2) is 10.9. The number of likely N-dealkylation sites (tertiary alicyclic amines) is 1. The maximum Gasteiger partial charge on any atom is 0.332 e. The predicted molar refractivity (Wildman–Crippen MR) is 102 cm³/mol. The molecule has 4 nitrogen and oxygen atoms in total. The lowest BCUT2D eigenvalue weighted by Gasteiger charge is -2.32. The Labute approximate surface area is 152 Å². The van der Waals surface area contributed by atoms with Gasteiger partial charge in [-0.2, -0.15) is 0 Å². The fourth-order valence-electron chi connectivity index (χ4n) is 3.41. The Hall–Kier alpha value is -1.81. The van der Waals surface area contributed by atoms with Crippen LogP contribution >= 0.6 is 0 Å². The summed E-state index contributed by atoms with van der Waals surface area (Å²) in [7, 11) is 0. The van der Waals surface area contributed by atoms with Crippen molar-refractivity contribution in [1.82, 2.24) is 4.90 Å². The molecule has 1 saturated heterocycles. The molecule has 0 radical (unpaired) electrons. The van der Waals surface area contributed by atoms with Crippen molar-refractivity contribution in [3.05, 3.63) is 47.7 Å². The van der Waals surface area contributed by atoms with Gasteiger partial charge in [-0.1, -0.05) is 43.2 Å². The maximum atomic E-state index is 11.3. The zero-order valence-corrected chi connectivity index (χ0v) is 15.5. The van der Waals surface area contributed by atoms with Crippen LogP contribution in [-0.2, 0) is 9.53 Å². The van der Waals surface area contributed by atoms with Crippen molar-refractivity contribution in [2.45, 2.75) is 51.4 Å². The van der Waals surface area contributed by atoms with Crippen molar-refractivity contribution < 1.29 is 9.53 Å². The van der Waals surface area contributed by atoms with E-state index < -0.39 is 0 Å². The molecule has 1 aliphatic heterocycles. The fraction of sp³-hybridized carbons (Fsp3) is 0.571. The number of hydrogen-bond acceptors (Lipinski definition) is 4. The number of nitrogens with zero attached hydrogens (tertiary/aromatic N) is 1. The van der Waals surface area contributed by atoms with Crippen LogP contribution in [0.15, 0.2) is 42.1 Å². The van der Waals surface area contributed by atoms with Crippen molar-refractivity contribution in [3.8, 4) is 0 Å². The number of rotatable bonds is 9. The van der Waals surface area contributed by atoms with Crippen LogP contribution < -0.4 is 5.73 Å². The van der Waals surface area contributed by atoms with Crippen molar-refractivity contribution in [1.29, 1.82) is 0 Å². The number of carbonyl (C=O) groups is 1. The molecule has 1 fully saturated rings. The summed E-state index contributed by atoms with van der Waals surface area (Å²) in [5, 5.41) is 0. The SMILES string of the molecule is CC(N)=CC(=O)OCCCCCCN1CCC(c2ccccc2)CC1. The number of esters is 1. The first-order valence-electron chi connectivity index (χ1n) is 9.53.